The van der Waals surface area contributed by atoms with Gasteiger partial charge in [-0.3, -0.25) is 0 Å². The van der Waals surface area contributed by atoms with Crippen LogP contribution in [0, 0.1) is 0 Å². The summed E-state index contributed by atoms with van der Waals surface area (Å²) in [5.41, 5.74) is 8.71. The van der Waals surface area contributed by atoms with Crippen LogP contribution in [0.2, 0.25) is 0 Å². The first-order chi connectivity index (χ1) is 8.25. The molecule has 1 aliphatic heterocycles. The third-order valence-corrected chi connectivity index (χ3v) is 3.37. The fraction of sp³-hybridized carbons (Fsp3) is 0.0769. The van der Waals surface area contributed by atoms with Crippen LogP contribution in [0.25, 0.3) is 11.1 Å². The van der Waals surface area contributed by atoms with E-state index >= 15 is 0 Å². The summed E-state index contributed by atoms with van der Waals surface area (Å²) in [4.78, 5) is 0. The molecule has 0 saturated heterocycles. The van der Waals surface area contributed by atoms with Gasteiger partial charge in [-0.25, -0.2) is 0 Å². The molecule has 1 heterocycles. The van der Waals surface area contributed by atoms with Crippen molar-refractivity contribution in [2.75, 3.05) is 12.5 Å². The average Bonchev–Trinajstić information content (AvgIpc) is 2.76. The molecule has 0 bridgehead atoms. The third-order valence-electron chi connectivity index (χ3n) is 2.71. The van der Waals surface area contributed by atoms with E-state index in [1.54, 1.807) is 0 Å². The lowest BCUT2D eigenvalue weighted by Gasteiger charge is -2.09. The van der Waals surface area contributed by atoms with Crippen LogP contribution in [-0.4, -0.2) is 6.79 Å². The maximum atomic E-state index is 5.97. The van der Waals surface area contributed by atoms with Gasteiger partial charge in [-0.05, 0) is 18.2 Å². The Bertz CT molecular complexity index is 584. The van der Waals surface area contributed by atoms with Gasteiger partial charge in [0.05, 0.1) is 0 Å². The molecule has 0 atom stereocenters. The zero-order chi connectivity index (χ0) is 11.8. The molecule has 86 valence electrons. The molecule has 1 aliphatic rings. The molecule has 0 aromatic heterocycles. The van der Waals surface area contributed by atoms with Crippen molar-refractivity contribution >= 4 is 21.6 Å². The summed E-state index contributed by atoms with van der Waals surface area (Å²) in [6, 6.07) is 11.6. The van der Waals surface area contributed by atoms with Crippen LogP contribution < -0.4 is 15.2 Å². The second-order valence-electron chi connectivity index (χ2n) is 3.77. The van der Waals surface area contributed by atoms with Gasteiger partial charge in [0.25, 0.3) is 0 Å². The zero-order valence-electron chi connectivity index (χ0n) is 8.94. The minimum Gasteiger partial charge on any atom is -0.454 e. The van der Waals surface area contributed by atoms with Crippen molar-refractivity contribution < 1.29 is 9.47 Å². The normalized spacial score (nSPS) is 12.8. The topological polar surface area (TPSA) is 44.5 Å². The minimum atomic E-state index is 0.273. The molecule has 0 amide bonds. The van der Waals surface area contributed by atoms with Gasteiger partial charge in [0.2, 0.25) is 6.79 Å². The first kappa shape index (κ1) is 10.5. The number of halogens is 1. The SMILES string of the molecule is Nc1ccccc1-c1cc2c(cc1Br)OCO2. The van der Waals surface area contributed by atoms with Crippen LogP contribution in [0.3, 0.4) is 0 Å². The van der Waals surface area contributed by atoms with Gasteiger partial charge >= 0.3 is 0 Å². The Kier molecular flexibility index (Phi) is 2.44. The third kappa shape index (κ3) is 1.74. The Morgan fingerprint density at radius 1 is 1.00 bits per heavy atom. The summed E-state index contributed by atoms with van der Waals surface area (Å²) in [6.07, 6.45) is 0. The van der Waals surface area contributed by atoms with E-state index in [9.17, 15) is 0 Å². The molecule has 0 fully saturated rings. The Hall–Kier alpha value is -1.68. The van der Waals surface area contributed by atoms with E-state index in [1.165, 1.54) is 0 Å². The molecule has 0 aliphatic carbocycles. The lowest BCUT2D eigenvalue weighted by atomic mass is 10.0. The summed E-state index contributed by atoms with van der Waals surface area (Å²) in [7, 11) is 0. The molecule has 17 heavy (non-hydrogen) atoms. The minimum absolute atomic E-state index is 0.273. The van der Waals surface area contributed by atoms with Gasteiger partial charge in [0.15, 0.2) is 11.5 Å². The molecule has 0 saturated carbocycles. The highest BCUT2D eigenvalue weighted by molar-refractivity contribution is 9.10. The van der Waals surface area contributed by atoms with Crippen molar-refractivity contribution in [2.45, 2.75) is 0 Å². The van der Waals surface area contributed by atoms with Crippen molar-refractivity contribution in [1.82, 2.24) is 0 Å². The van der Waals surface area contributed by atoms with Crippen LogP contribution in [0.4, 0.5) is 5.69 Å². The highest BCUT2D eigenvalue weighted by Gasteiger charge is 2.17. The predicted octanol–water partition coefficient (Wildman–Crippen LogP) is 3.43. The standard InChI is InChI=1S/C13H10BrNO2/c14-10-6-13-12(16-7-17-13)5-9(10)8-3-1-2-4-11(8)15/h1-6H,7,15H2. The molecule has 3 rings (SSSR count). The molecule has 0 unspecified atom stereocenters. The lowest BCUT2D eigenvalue weighted by Crippen LogP contribution is -1.93. The summed E-state index contributed by atoms with van der Waals surface area (Å²) in [5.74, 6) is 1.52. The predicted molar refractivity (Wildman–Crippen MR) is 70.1 cm³/mol. The maximum absolute atomic E-state index is 5.97. The first-order valence-corrected chi connectivity index (χ1v) is 5.99. The number of hydrogen-bond donors (Lipinski definition) is 1. The average molecular weight is 292 g/mol. The molecule has 3 nitrogen and oxygen atoms in total. The number of nitrogen functional groups attached to an aromatic ring is 1. The second kappa shape index (κ2) is 3.96. The Morgan fingerprint density at radius 3 is 2.47 bits per heavy atom. The summed E-state index contributed by atoms with van der Waals surface area (Å²) in [5, 5.41) is 0. The van der Waals surface area contributed by atoms with Crippen LogP contribution in [0.1, 0.15) is 0 Å². The Balaban J connectivity index is 2.19. The molecule has 2 aromatic carbocycles. The van der Waals surface area contributed by atoms with Crippen LogP contribution in [0.15, 0.2) is 40.9 Å². The van der Waals surface area contributed by atoms with Crippen molar-refractivity contribution in [3.05, 3.63) is 40.9 Å². The van der Waals surface area contributed by atoms with Gasteiger partial charge in [-0.15, -0.1) is 0 Å². The quantitative estimate of drug-likeness (QED) is 0.819. The fourth-order valence-corrected chi connectivity index (χ4v) is 2.40. The van der Waals surface area contributed by atoms with Crippen LogP contribution >= 0.6 is 15.9 Å². The van der Waals surface area contributed by atoms with Crippen LogP contribution in [-0.2, 0) is 0 Å². The molecular weight excluding hydrogens is 282 g/mol. The van der Waals surface area contributed by atoms with Crippen molar-refractivity contribution in [3.63, 3.8) is 0 Å². The Morgan fingerprint density at radius 2 is 1.71 bits per heavy atom. The van der Waals surface area contributed by atoms with Gasteiger partial charge in [-0.1, -0.05) is 34.1 Å². The smallest absolute Gasteiger partial charge is 0.231 e. The summed E-state index contributed by atoms with van der Waals surface area (Å²) in [6.45, 7) is 0.273. The zero-order valence-corrected chi connectivity index (χ0v) is 10.5. The Labute approximate surface area is 107 Å². The van der Waals surface area contributed by atoms with Crippen LogP contribution in [0.5, 0.6) is 11.5 Å². The van der Waals surface area contributed by atoms with Gasteiger partial charge in [0.1, 0.15) is 0 Å². The number of fused-ring (bicyclic) bond motifs is 1. The monoisotopic (exact) mass is 291 g/mol. The second-order valence-corrected chi connectivity index (χ2v) is 4.63. The van der Waals surface area contributed by atoms with E-state index in [2.05, 4.69) is 15.9 Å². The highest BCUT2D eigenvalue weighted by Crippen LogP contribution is 2.42. The molecule has 0 spiro atoms. The van der Waals surface area contributed by atoms with Gasteiger partial charge < -0.3 is 15.2 Å². The maximum Gasteiger partial charge on any atom is 0.231 e. The van der Waals surface area contributed by atoms with E-state index in [0.29, 0.717) is 0 Å². The number of ether oxygens (including phenoxy) is 2. The molecule has 2 N–H and O–H groups in total. The van der Waals surface area contributed by atoms with Crippen molar-refractivity contribution in [1.29, 1.82) is 0 Å². The van der Waals surface area contributed by atoms with Crippen molar-refractivity contribution in [3.8, 4) is 22.6 Å². The largest absolute Gasteiger partial charge is 0.454 e. The highest BCUT2D eigenvalue weighted by atomic mass is 79.9. The van der Waals surface area contributed by atoms with Crippen molar-refractivity contribution in [2.24, 2.45) is 0 Å². The van der Waals surface area contributed by atoms with Gasteiger partial charge in [-0.2, -0.15) is 0 Å². The first-order valence-electron chi connectivity index (χ1n) is 5.20. The molecule has 2 aromatic rings. The number of anilines is 1. The van der Waals surface area contributed by atoms with E-state index < -0.39 is 0 Å². The molecular formula is C13H10BrNO2. The van der Waals surface area contributed by atoms with E-state index in [0.717, 1.165) is 32.8 Å². The molecule has 4 heteroatoms. The van der Waals surface area contributed by atoms with Gasteiger partial charge in [0, 0.05) is 21.3 Å². The lowest BCUT2D eigenvalue weighted by molar-refractivity contribution is 0.174. The number of nitrogens with two attached hydrogens (primary N) is 1. The number of hydrogen-bond acceptors (Lipinski definition) is 3. The van der Waals surface area contributed by atoms with E-state index in [-0.39, 0.29) is 6.79 Å². The number of para-hydroxylation sites is 1. The number of benzene rings is 2. The van der Waals surface area contributed by atoms with E-state index in [1.807, 2.05) is 36.4 Å². The number of rotatable bonds is 1. The summed E-state index contributed by atoms with van der Waals surface area (Å²) < 4.78 is 11.6. The fourth-order valence-electron chi connectivity index (χ4n) is 1.87. The summed E-state index contributed by atoms with van der Waals surface area (Å²) >= 11 is 3.53. The van der Waals surface area contributed by atoms with E-state index in [4.69, 9.17) is 15.2 Å². The molecule has 0 radical (unpaired) electrons.